The third-order valence-corrected chi connectivity index (χ3v) is 3.20. The van der Waals surface area contributed by atoms with E-state index in [1.54, 1.807) is 6.92 Å². The lowest BCUT2D eigenvalue weighted by molar-refractivity contribution is 0.0902. The van der Waals surface area contributed by atoms with E-state index >= 15 is 0 Å². The fraction of sp³-hybridized carbons (Fsp3) is 0.562. The van der Waals surface area contributed by atoms with Gasteiger partial charge in [0.05, 0.1) is 6.10 Å². The fourth-order valence-electron chi connectivity index (χ4n) is 2.19. The van der Waals surface area contributed by atoms with Crippen LogP contribution in [0.3, 0.4) is 0 Å². The second kappa shape index (κ2) is 6.71. The van der Waals surface area contributed by atoms with Gasteiger partial charge in [0, 0.05) is 12.1 Å². The summed E-state index contributed by atoms with van der Waals surface area (Å²) in [7, 11) is 0. The molecule has 106 valence electrons. The first kappa shape index (κ1) is 15.7. The van der Waals surface area contributed by atoms with Crippen molar-refractivity contribution in [2.45, 2.75) is 46.6 Å². The zero-order valence-electron chi connectivity index (χ0n) is 12.4. The molecule has 0 aromatic heterocycles. The number of benzene rings is 1. The largest absolute Gasteiger partial charge is 0.393 e. The molecule has 0 bridgehead atoms. The molecule has 0 aliphatic carbocycles. The number of aliphatic hydroxyl groups excluding tert-OH is 1. The summed E-state index contributed by atoms with van der Waals surface area (Å²) < 4.78 is 0. The van der Waals surface area contributed by atoms with E-state index in [4.69, 9.17) is 0 Å². The molecule has 2 N–H and O–H groups in total. The van der Waals surface area contributed by atoms with E-state index in [0.717, 1.165) is 6.42 Å². The predicted octanol–water partition coefficient (Wildman–Crippen LogP) is 2.78. The summed E-state index contributed by atoms with van der Waals surface area (Å²) >= 11 is 0. The number of aliphatic hydroxyl groups is 1. The molecule has 0 aliphatic rings. The minimum atomic E-state index is -0.351. The molecule has 0 heterocycles. The molecule has 1 atom stereocenters. The van der Waals surface area contributed by atoms with Crippen molar-refractivity contribution in [2.24, 2.45) is 5.41 Å². The fourth-order valence-corrected chi connectivity index (χ4v) is 2.19. The van der Waals surface area contributed by atoms with E-state index in [2.05, 4.69) is 12.2 Å². The number of amides is 1. The molecule has 0 spiro atoms. The Bertz CT molecular complexity index is 407. The molecule has 0 radical (unpaired) electrons. The van der Waals surface area contributed by atoms with Crippen molar-refractivity contribution in [2.75, 3.05) is 6.54 Å². The number of carbonyl (C=O) groups excluding carboxylic acids is 1. The van der Waals surface area contributed by atoms with Gasteiger partial charge in [-0.1, -0.05) is 32.9 Å². The Hall–Kier alpha value is -1.35. The molecule has 1 amide bonds. The van der Waals surface area contributed by atoms with Crippen molar-refractivity contribution in [1.82, 2.24) is 5.32 Å². The van der Waals surface area contributed by atoms with Crippen LogP contribution in [0, 0.1) is 5.41 Å². The smallest absolute Gasteiger partial charge is 0.251 e. The van der Waals surface area contributed by atoms with Gasteiger partial charge in [-0.3, -0.25) is 4.79 Å². The molecule has 1 unspecified atom stereocenters. The first-order chi connectivity index (χ1) is 8.84. The zero-order valence-corrected chi connectivity index (χ0v) is 12.4. The summed E-state index contributed by atoms with van der Waals surface area (Å²) in [6, 6.07) is 7.68. The van der Waals surface area contributed by atoms with Gasteiger partial charge in [-0.05, 0) is 42.9 Å². The van der Waals surface area contributed by atoms with Gasteiger partial charge in [-0.25, -0.2) is 0 Å². The standard InChI is InChI=1S/C16H25NO2/c1-5-13-6-8-14(9-7-13)15(19)17-11-16(3,4)10-12(2)18/h6-9,12,18H,5,10-11H2,1-4H3,(H,17,19). The van der Waals surface area contributed by atoms with Gasteiger partial charge in [-0.2, -0.15) is 0 Å². The SMILES string of the molecule is CCc1ccc(C(=O)NCC(C)(C)CC(C)O)cc1. The highest BCUT2D eigenvalue weighted by atomic mass is 16.3. The van der Waals surface area contributed by atoms with Crippen molar-refractivity contribution < 1.29 is 9.90 Å². The highest BCUT2D eigenvalue weighted by molar-refractivity contribution is 5.94. The molecule has 1 aromatic carbocycles. The van der Waals surface area contributed by atoms with Crippen LogP contribution in [0.15, 0.2) is 24.3 Å². The maximum atomic E-state index is 12.0. The Labute approximate surface area is 116 Å². The van der Waals surface area contributed by atoms with Crippen molar-refractivity contribution in [3.63, 3.8) is 0 Å². The maximum absolute atomic E-state index is 12.0. The molecule has 0 fully saturated rings. The average molecular weight is 263 g/mol. The number of nitrogens with one attached hydrogen (secondary N) is 1. The highest BCUT2D eigenvalue weighted by Gasteiger charge is 2.21. The third kappa shape index (κ3) is 5.43. The Morgan fingerprint density at radius 2 is 1.89 bits per heavy atom. The molecule has 0 aliphatic heterocycles. The summed E-state index contributed by atoms with van der Waals surface area (Å²) in [5.41, 5.74) is 1.81. The third-order valence-electron chi connectivity index (χ3n) is 3.20. The van der Waals surface area contributed by atoms with Gasteiger partial charge in [0.15, 0.2) is 0 Å². The molecule has 3 heteroatoms. The maximum Gasteiger partial charge on any atom is 0.251 e. The number of hydrogen-bond acceptors (Lipinski definition) is 2. The van der Waals surface area contributed by atoms with Crippen molar-refractivity contribution in [3.8, 4) is 0 Å². The number of hydrogen-bond donors (Lipinski definition) is 2. The van der Waals surface area contributed by atoms with Gasteiger partial charge in [0.2, 0.25) is 0 Å². The number of aryl methyl sites for hydroxylation is 1. The van der Waals surface area contributed by atoms with E-state index in [0.29, 0.717) is 18.5 Å². The summed E-state index contributed by atoms with van der Waals surface area (Å²) in [4.78, 5) is 12.0. The minimum Gasteiger partial charge on any atom is -0.393 e. The van der Waals surface area contributed by atoms with Gasteiger partial charge in [0.25, 0.3) is 5.91 Å². The van der Waals surface area contributed by atoms with Crippen molar-refractivity contribution in [1.29, 1.82) is 0 Å². The summed E-state index contributed by atoms with van der Waals surface area (Å²) in [6.45, 7) is 8.51. The highest BCUT2D eigenvalue weighted by Crippen LogP contribution is 2.21. The van der Waals surface area contributed by atoms with Crippen molar-refractivity contribution >= 4 is 5.91 Å². The Kier molecular flexibility index (Phi) is 5.55. The second-order valence-electron chi connectivity index (χ2n) is 5.95. The summed E-state index contributed by atoms with van der Waals surface area (Å²) in [6.07, 6.45) is 1.29. The molecule has 1 rings (SSSR count). The van der Waals surface area contributed by atoms with Crippen LogP contribution < -0.4 is 5.32 Å². The van der Waals surface area contributed by atoms with Crippen molar-refractivity contribution in [3.05, 3.63) is 35.4 Å². The minimum absolute atomic E-state index is 0.0543. The van der Waals surface area contributed by atoms with Crippen LogP contribution in [0.5, 0.6) is 0 Å². The van der Waals surface area contributed by atoms with Gasteiger partial charge in [0.1, 0.15) is 0 Å². The zero-order chi connectivity index (χ0) is 14.5. The van der Waals surface area contributed by atoms with Crippen LogP contribution in [-0.4, -0.2) is 23.7 Å². The molecule has 0 saturated carbocycles. The van der Waals surface area contributed by atoms with E-state index < -0.39 is 0 Å². The lowest BCUT2D eigenvalue weighted by atomic mass is 9.87. The predicted molar refractivity (Wildman–Crippen MR) is 78.2 cm³/mol. The van der Waals surface area contributed by atoms with E-state index in [-0.39, 0.29) is 17.4 Å². The van der Waals surface area contributed by atoms with E-state index in [1.807, 2.05) is 38.1 Å². The quantitative estimate of drug-likeness (QED) is 0.829. The second-order valence-corrected chi connectivity index (χ2v) is 5.95. The Morgan fingerprint density at radius 1 is 1.32 bits per heavy atom. The number of rotatable bonds is 6. The van der Waals surface area contributed by atoms with Crippen LogP contribution in [0.1, 0.15) is 50.0 Å². The Balaban J connectivity index is 2.55. The topological polar surface area (TPSA) is 49.3 Å². The molecular formula is C16H25NO2. The lowest BCUT2D eigenvalue weighted by Crippen LogP contribution is -2.35. The molecule has 0 saturated heterocycles. The molecular weight excluding hydrogens is 238 g/mol. The number of carbonyl (C=O) groups is 1. The van der Waals surface area contributed by atoms with Crippen LogP contribution in [0.25, 0.3) is 0 Å². The summed E-state index contributed by atoms with van der Waals surface area (Å²) in [5, 5.41) is 12.3. The molecule has 1 aromatic rings. The van der Waals surface area contributed by atoms with Crippen LogP contribution in [-0.2, 0) is 6.42 Å². The van der Waals surface area contributed by atoms with Gasteiger partial charge in [-0.15, -0.1) is 0 Å². The van der Waals surface area contributed by atoms with Crippen LogP contribution >= 0.6 is 0 Å². The van der Waals surface area contributed by atoms with Gasteiger partial charge >= 0.3 is 0 Å². The Morgan fingerprint density at radius 3 is 2.37 bits per heavy atom. The first-order valence-electron chi connectivity index (χ1n) is 6.89. The average Bonchev–Trinajstić information content (AvgIpc) is 2.34. The van der Waals surface area contributed by atoms with E-state index in [1.165, 1.54) is 5.56 Å². The molecule has 19 heavy (non-hydrogen) atoms. The monoisotopic (exact) mass is 263 g/mol. The molecule has 3 nitrogen and oxygen atoms in total. The van der Waals surface area contributed by atoms with E-state index in [9.17, 15) is 9.90 Å². The van der Waals surface area contributed by atoms with Crippen LogP contribution in [0.4, 0.5) is 0 Å². The van der Waals surface area contributed by atoms with Crippen LogP contribution in [0.2, 0.25) is 0 Å². The normalized spacial score (nSPS) is 13.1. The lowest BCUT2D eigenvalue weighted by Gasteiger charge is -2.26. The first-order valence-corrected chi connectivity index (χ1v) is 6.89. The van der Waals surface area contributed by atoms with Gasteiger partial charge < -0.3 is 10.4 Å². The summed E-state index contributed by atoms with van der Waals surface area (Å²) in [5.74, 6) is -0.0543.